The normalized spacial score (nSPS) is 12.8. The van der Waals surface area contributed by atoms with Crippen molar-refractivity contribution in [2.24, 2.45) is 0 Å². The second kappa shape index (κ2) is 40.4. The lowest BCUT2D eigenvalue weighted by Gasteiger charge is -2.22. The van der Waals surface area contributed by atoms with E-state index in [4.69, 9.17) is 4.74 Å². The molecule has 2 unspecified atom stereocenters. The van der Waals surface area contributed by atoms with Gasteiger partial charge in [0.15, 0.2) is 0 Å². The van der Waals surface area contributed by atoms with Crippen molar-refractivity contribution in [1.82, 2.24) is 5.32 Å². The van der Waals surface area contributed by atoms with Crippen LogP contribution >= 0.6 is 0 Å². The predicted molar refractivity (Wildman–Crippen MR) is 213 cm³/mol. The van der Waals surface area contributed by atoms with E-state index in [1.807, 2.05) is 0 Å². The number of carbonyl (C=O) groups is 2. The van der Waals surface area contributed by atoms with Crippen molar-refractivity contribution in [1.29, 1.82) is 0 Å². The fourth-order valence-corrected chi connectivity index (χ4v) is 6.64. The first-order chi connectivity index (χ1) is 24.5. The molecule has 0 radical (unpaired) electrons. The van der Waals surface area contributed by atoms with E-state index in [2.05, 4.69) is 31.3 Å². The third kappa shape index (κ3) is 36.4. The van der Waals surface area contributed by atoms with E-state index in [0.717, 1.165) is 70.6 Å². The van der Waals surface area contributed by atoms with Gasteiger partial charge in [-0.25, -0.2) is 0 Å². The maximum Gasteiger partial charge on any atom is 0.305 e. The lowest BCUT2D eigenvalue weighted by molar-refractivity contribution is -0.143. The van der Waals surface area contributed by atoms with Gasteiger partial charge in [0.05, 0.1) is 25.4 Å². The average molecular weight is 708 g/mol. The van der Waals surface area contributed by atoms with Gasteiger partial charge in [0.2, 0.25) is 5.91 Å². The van der Waals surface area contributed by atoms with Crippen molar-refractivity contribution < 1.29 is 24.5 Å². The van der Waals surface area contributed by atoms with Crippen molar-refractivity contribution in [3.05, 3.63) is 12.2 Å². The van der Waals surface area contributed by atoms with Crippen LogP contribution in [0.25, 0.3) is 0 Å². The first-order valence-corrected chi connectivity index (χ1v) is 21.9. The molecule has 0 saturated carbocycles. The molecule has 0 rings (SSSR count). The molecular formula is C44H85NO5. The van der Waals surface area contributed by atoms with E-state index in [9.17, 15) is 19.8 Å². The summed E-state index contributed by atoms with van der Waals surface area (Å²) in [7, 11) is 0. The van der Waals surface area contributed by atoms with Gasteiger partial charge in [-0.15, -0.1) is 0 Å². The minimum Gasteiger partial charge on any atom is -0.466 e. The predicted octanol–water partition coefficient (Wildman–Crippen LogP) is 12.2. The largest absolute Gasteiger partial charge is 0.466 e. The maximum absolute atomic E-state index is 12.3. The Balaban J connectivity index is 3.51. The highest BCUT2D eigenvalue weighted by atomic mass is 16.5. The number of hydrogen-bond acceptors (Lipinski definition) is 5. The van der Waals surface area contributed by atoms with Gasteiger partial charge in [0, 0.05) is 12.8 Å². The molecule has 0 aliphatic carbocycles. The lowest BCUT2D eigenvalue weighted by atomic mass is 10.0. The minimum absolute atomic E-state index is 0.0338. The second-order valence-electron chi connectivity index (χ2n) is 15.0. The van der Waals surface area contributed by atoms with E-state index in [1.54, 1.807) is 0 Å². The molecule has 2 atom stereocenters. The summed E-state index contributed by atoms with van der Waals surface area (Å²) in [5, 5.41) is 22.9. The smallest absolute Gasteiger partial charge is 0.305 e. The maximum atomic E-state index is 12.3. The van der Waals surface area contributed by atoms with E-state index >= 15 is 0 Å². The summed E-state index contributed by atoms with van der Waals surface area (Å²) >= 11 is 0. The highest BCUT2D eigenvalue weighted by molar-refractivity contribution is 5.76. The van der Waals surface area contributed by atoms with Crippen LogP contribution in [0.5, 0.6) is 0 Å². The van der Waals surface area contributed by atoms with Crippen LogP contribution in [0.15, 0.2) is 12.2 Å². The zero-order valence-corrected chi connectivity index (χ0v) is 33.4. The zero-order valence-electron chi connectivity index (χ0n) is 33.4. The van der Waals surface area contributed by atoms with Crippen molar-refractivity contribution in [3.63, 3.8) is 0 Å². The fraction of sp³-hybridized carbons (Fsp3) is 0.909. The standard InChI is InChI=1S/C44H85NO5/c1-3-5-7-9-11-13-14-15-16-17-18-22-26-30-34-38-44(49)50-39-35-31-27-23-19-21-25-29-33-37-43(48)45-41(40-46)42(47)36-32-28-24-20-12-10-8-6-4-2/h21,25,41-42,46-47H,3-20,22-24,26-40H2,1-2H3,(H,45,48)/b25-21-. The highest BCUT2D eigenvalue weighted by Crippen LogP contribution is 2.15. The van der Waals surface area contributed by atoms with Crippen molar-refractivity contribution in [2.45, 2.75) is 244 Å². The summed E-state index contributed by atoms with van der Waals surface area (Å²) in [6.07, 6.45) is 43.2. The number of nitrogens with one attached hydrogen (secondary N) is 1. The van der Waals surface area contributed by atoms with E-state index in [1.165, 1.54) is 128 Å². The van der Waals surface area contributed by atoms with E-state index < -0.39 is 12.1 Å². The van der Waals surface area contributed by atoms with Crippen LogP contribution < -0.4 is 5.32 Å². The Hall–Kier alpha value is -1.40. The number of aliphatic hydroxyl groups excluding tert-OH is 2. The van der Waals surface area contributed by atoms with Crippen LogP contribution in [-0.4, -0.2) is 47.4 Å². The summed E-state index contributed by atoms with van der Waals surface area (Å²) < 4.78 is 5.43. The van der Waals surface area contributed by atoms with Crippen LogP contribution in [-0.2, 0) is 14.3 Å². The Morgan fingerprint density at radius 1 is 0.540 bits per heavy atom. The SMILES string of the molecule is CCCCCCCCCCCCCCCCCC(=O)OCCCCCC/C=C\CCCC(=O)NC(CO)C(O)CCCCCCCCCCC. The summed E-state index contributed by atoms with van der Waals surface area (Å²) in [4.78, 5) is 24.3. The quantitative estimate of drug-likeness (QED) is 0.0335. The minimum atomic E-state index is -0.691. The van der Waals surface area contributed by atoms with Gasteiger partial charge in [-0.05, 0) is 44.9 Å². The van der Waals surface area contributed by atoms with Crippen LogP contribution in [0.4, 0.5) is 0 Å². The Kier molecular flexibility index (Phi) is 39.2. The van der Waals surface area contributed by atoms with Gasteiger partial charge in [0.1, 0.15) is 0 Å². The molecule has 1 amide bonds. The molecule has 0 aliphatic heterocycles. The number of hydrogen-bond donors (Lipinski definition) is 3. The van der Waals surface area contributed by atoms with Crippen LogP contribution in [0.3, 0.4) is 0 Å². The van der Waals surface area contributed by atoms with E-state index in [0.29, 0.717) is 25.9 Å². The Bertz CT molecular complexity index is 742. The number of rotatable bonds is 40. The topological polar surface area (TPSA) is 95.9 Å². The van der Waals surface area contributed by atoms with Crippen LogP contribution in [0.2, 0.25) is 0 Å². The number of aliphatic hydroxyl groups is 2. The van der Waals surface area contributed by atoms with Crippen LogP contribution in [0.1, 0.15) is 232 Å². The van der Waals surface area contributed by atoms with Gasteiger partial charge < -0.3 is 20.3 Å². The Morgan fingerprint density at radius 2 is 0.960 bits per heavy atom. The molecule has 0 fully saturated rings. The molecule has 50 heavy (non-hydrogen) atoms. The summed E-state index contributed by atoms with van der Waals surface area (Å²) in [6, 6.07) is -0.575. The number of esters is 1. The van der Waals surface area contributed by atoms with Crippen LogP contribution in [0, 0.1) is 0 Å². The Morgan fingerprint density at radius 3 is 1.46 bits per heavy atom. The Labute approximate surface area is 310 Å². The summed E-state index contributed by atoms with van der Waals surface area (Å²) in [5.41, 5.74) is 0. The first kappa shape index (κ1) is 48.6. The number of carbonyl (C=O) groups excluding carboxylic acids is 2. The molecule has 6 heteroatoms. The molecule has 0 aromatic heterocycles. The van der Waals surface area contributed by atoms with Gasteiger partial charge in [-0.2, -0.15) is 0 Å². The van der Waals surface area contributed by atoms with E-state index in [-0.39, 0.29) is 18.5 Å². The molecular weight excluding hydrogens is 622 g/mol. The third-order valence-electron chi connectivity index (χ3n) is 10.1. The molecule has 0 aromatic rings. The molecule has 6 nitrogen and oxygen atoms in total. The number of amides is 1. The van der Waals surface area contributed by atoms with Gasteiger partial charge >= 0.3 is 5.97 Å². The second-order valence-corrected chi connectivity index (χ2v) is 15.0. The molecule has 0 bridgehead atoms. The third-order valence-corrected chi connectivity index (χ3v) is 10.1. The average Bonchev–Trinajstić information content (AvgIpc) is 3.11. The van der Waals surface area contributed by atoms with Crippen molar-refractivity contribution in [2.75, 3.05) is 13.2 Å². The summed E-state index contributed by atoms with van der Waals surface area (Å²) in [5.74, 6) is -0.132. The summed E-state index contributed by atoms with van der Waals surface area (Å²) in [6.45, 7) is 4.83. The molecule has 296 valence electrons. The zero-order chi connectivity index (χ0) is 36.6. The molecule has 3 N–H and O–H groups in total. The van der Waals surface area contributed by atoms with Gasteiger partial charge in [-0.1, -0.05) is 187 Å². The first-order valence-electron chi connectivity index (χ1n) is 21.9. The monoisotopic (exact) mass is 708 g/mol. The number of allylic oxidation sites excluding steroid dienone is 2. The number of ether oxygens (including phenoxy) is 1. The van der Waals surface area contributed by atoms with Crippen molar-refractivity contribution >= 4 is 11.9 Å². The molecule has 0 spiro atoms. The fourth-order valence-electron chi connectivity index (χ4n) is 6.64. The van der Waals surface area contributed by atoms with Crippen molar-refractivity contribution in [3.8, 4) is 0 Å². The molecule has 0 saturated heterocycles. The molecule has 0 aliphatic rings. The highest BCUT2D eigenvalue weighted by Gasteiger charge is 2.19. The van der Waals surface area contributed by atoms with Gasteiger partial charge in [0.25, 0.3) is 0 Å². The van der Waals surface area contributed by atoms with Gasteiger partial charge in [-0.3, -0.25) is 9.59 Å². The number of unbranched alkanes of at least 4 members (excludes halogenated alkanes) is 27. The molecule has 0 aromatic carbocycles. The molecule has 0 heterocycles. The lowest BCUT2D eigenvalue weighted by Crippen LogP contribution is -2.45.